The minimum absolute atomic E-state index is 0.125. The SMILES string of the molecule is CCNC(=O)c1cc(NC(=O)C(C)C)n(-c2ccccc2)n1. The van der Waals surface area contributed by atoms with Gasteiger partial charge in [-0.25, -0.2) is 4.68 Å². The van der Waals surface area contributed by atoms with Gasteiger partial charge in [0.25, 0.3) is 5.91 Å². The molecule has 0 atom stereocenters. The summed E-state index contributed by atoms with van der Waals surface area (Å²) < 4.78 is 1.56. The van der Waals surface area contributed by atoms with Crippen LogP contribution >= 0.6 is 0 Å². The van der Waals surface area contributed by atoms with E-state index in [-0.39, 0.29) is 23.4 Å². The van der Waals surface area contributed by atoms with Gasteiger partial charge < -0.3 is 10.6 Å². The van der Waals surface area contributed by atoms with Crippen LogP contribution in [0.15, 0.2) is 36.4 Å². The zero-order chi connectivity index (χ0) is 16.1. The van der Waals surface area contributed by atoms with Crippen molar-refractivity contribution < 1.29 is 9.59 Å². The third-order valence-electron chi connectivity index (χ3n) is 3.06. The minimum atomic E-state index is -0.266. The van der Waals surface area contributed by atoms with Crippen LogP contribution in [0, 0.1) is 5.92 Å². The molecule has 6 nitrogen and oxygen atoms in total. The summed E-state index contributed by atoms with van der Waals surface area (Å²) in [7, 11) is 0. The molecule has 2 N–H and O–H groups in total. The van der Waals surface area contributed by atoms with Crippen molar-refractivity contribution in [3.63, 3.8) is 0 Å². The Morgan fingerprint density at radius 2 is 1.91 bits per heavy atom. The first kappa shape index (κ1) is 15.8. The lowest BCUT2D eigenvalue weighted by Gasteiger charge is -2.10. The molecule has 1 heterocycles. The van der Waals surface area contributed by atoms with Crippen molar-refractivity contribution >= 4 is 17.6 Å². The molecule has 0 saturated heterocycles. The van der Waals surface area contributed by atoms with Crippen LogP contribution in [0.25, 0.3) is 5.69 Å². The van der Waals surface area contributed by atoms with E-state index in [9.17, 15) is 9.59 Å². The molecule has 0 aliphatic carbocycles. The summed E-state index contributed by atoms with van der Waals surface area (Å²) in [6.07, 6.45) is 0. The molecule has 2 amide bonds. The summed E-state index contributed by atoms with van der Waals surface area (Å²) in [5.74, 6) is -0.0741. The highest BCUT2D eigenvalue weighted by Gasteiger charge is 2.17. The van der Waals surface area contributed by atoms with E-state index in [2.05, 4.69) is 15.7 Å². The van der Waals surface area contributed by atoms with Crippen LogP contribution in [-0.2, 0) is 4.79 Å². The fraction of sp³-hybridized carbons (Fsp3) is 0.312. The number of aromatic nitrogens is 2. The van der Waals surface area contributed by atoms with Crippen LogP contribution in [0.4, 0.5) is 5.82 Å². The maximum absolute atomic E-state index is 12.0. The summed E-state index contributed by atoms with van der Waals surface area (Å²) in [5, 5.41) is 9.81. The van der Waals surface area contributed by atoms with Gasteiger partial charge in [-0.15, -0.1) is 0 Å². The third kappa shape index (κ3) is 3.52. The Balaban J connectivity index is 2.41. The normalized spacial score (nSPS) is 10.5. The molecule has 0 spiro atoms. The fourth-order valence-corrected chi connectivity index (χ4v) is 1.87. The quantitative estimate of drug-likeness (QED) is 0.889. The molecule has 6 heteroatoms. The summed E-state index contributed by atoms with van der Waals surface area (Å²) in [5.41, 5.74) is 1.04. The predicted octanol–water partition coefficient (Wildman–Crippen LogP) is 2.22. The lowest BCUT2D eigenvalue weighted by Crippen LogP contribution is -2.23. The Kier molecular flexibility index (Phi) is 4.93. The summed E-state index contributed by atoms with van der Waals surface area (Å²) in [6.45, 7) is 5.98. The van der Waals surface area contributed by atoms with Gasteiger partial charge in [0.15, 0.2) is 5.69 Å². The molecule has 0 radical (unpaired) electrons. The van der Waals surface area contributed by atoms with Crippen LogP contribution in [0.5, 0.6) is 0 Å². The number of hydrogen-bond donors (Lipinski definition) is 2. The summed E-state index contributed by atoms with van der Waals surface area (Å²) in [4.78, 5) is 23.9. The number of carbonyl (C=O) groups is 2. The van der Waals surface area contributed by atoms with Crippen molar-refractivity contribution in [1.82, 2.24) is 15.1 Å². The highest BCUT2D eigenvalue weighted by Crippen LogP contribution is 2.18. The zero-order valence-corrected chi connectivity index (χ0v) is 13.0. The van der Waals surface area contributed by atoms with Gasteiger partial charge in [-0.05, 0) is 19.1 Å². The summed E-state index contributed by atoms with van der Waals surface area (Å²) in [6, 6.07) is 10.9. The van der Waals surface area contributed by atoms with Gasteiger partial charge in [0, 0.05) is 18.5 Å². The highest BCUT2D eigenvalue weighted by atomic mass is 16.2. The van der Waals surface area contributed by atoms with Crippen LogP contribution < -0.4 is 10.6 Å². The lowest BCUT2D eigenvalue weighted by atomic mass is 10.2. The Hall–Kier alpha value is -2.63. The Bertz CT molecular complexity index is 662. The number of nitrogens with zero attached hydrogens (tertiary/aromatic N) is 2. The van der Waals surface area contributed by atoms with Gasteiger partial charge in [0.2, 0.25) is 5.91 Å². The lowest BCUT2D eigenvalue weighted by molar-refractivity contribution is -0.118. The monoisotopic (exact) mass is 300 g/mol. The average Bonchev–Trinajstić information content (AvgIpc) is 2.92. The maximum atomic E-state index is 12.0. The molecule has 0 unspecified atom stereocenters. The molecular weight excluding hydrogens is 280 g/mol. The largest absolute Gasteiger partial charge is 0.351 e. The van der Waals surface area contributed by atoms with E-state index in [0.29, 0.717) is 12.4 Å². The molecule has 0 bridgehead atoms. The molecular formula is C16H20N4O2. The molecule has 2 aromatic rings. The molecule has 1 aromatic heterocycles. The smallest absolute Gasteiger partial charge is 0.271 e. The van der Waals surface area contributed by atoms with E-state index in [4.69, 9.17) is 0 Å². The average molecular weight is 300 g/mol. The standard InChI is InChI=1S/C16H20N4O2/c1-4-17-16(22)13-10-14(18-15(21)11(2)3)20(19-13)12-8-6-5-7-9-12/h5-11H,4H2,1-3H3,(H,17,22)(H,18,21). The highest BCUT2D eigenvalue weighted by molar-refractivity contribution is 5.96. The van der Waals surface area contributed by atoms with E-state index < -0.39 is 0 Å². The van der Waals surface area contributed by atoms with Crippen LogP contribution in [0.3, 0.4) is 0 Å². The molecule has 0 aliphatic rings. The second-order valence-corrected chi connectivity index (χ2v) is 5.17. The van der Waals surface area contributed by atoms with Crippen molar-refractivity contribution in [3.05, 3.63) is 42.1 Å². The van der Waals surface area contributed by atoms with E-state index in [1.165, 1.54) is 0 Å². The first-order valence-corrected chi connectivity index (χ1v) is 7.27. The predicted molar refractivity (Wildman–Crippen MR) is 85.0 cm³/mol. The molecule has 1 aromatic carbocycles. The second kappa shape index (κ2) is 6.89. The van der Waals surface area contributed by atoms with Gasteiger partial charge in [0.05, 0.1) is 5.69 Å². The van der Waals surface area contributed by atoms with Crippen molar-refractivity contribution in [1.29, 1.82) is 0 Å². The Morgan fingerprint density at radius 1 is 1.23 bits per heavy atom. The number of anilines is 1. The zero-order valence-electron chi connectivity index (χ0n) is 13.0. The van der Waals surface area contributed by atoms with Gasteiger partial charge in [0.1, 0.15) is 5.82 Å². The first-order valence-electron chi connectivity index (χ1n) is 7.27. The maximum Gasteiger partial charge on any atom is 0.271 e. The van der Waals surface area contributed by atoms with Crippen LogP contribution in [0.2, 0.25) is 0 Å². The molecule has 2 rings (SSSR count). The number of amides is 2. The number of benzene rings is 1. The van der Waals surface area contributed by atoms with E-state index >= 15 is 0 Å². The van der Waals surface area contributed by atoms with Crippen molar-refractivity contribution in [3.8, 4) is 5.69 Å². The molecule has 22 heavy (non-hydrogen) atoms. The summed E-state index contributed by atoms with van der Waals surface area (Å²) >= 11 is 0. The third-order valence-corrected chi connectivity index (χ3v) is 3.06. The fourth-order valence-electron chi connectivity index (χ4n) is 1.87. The van der Waals surface area contributed by atoms with Gasteiger partial charge in [-0.2, -0.15) is 5.10 Å². The van der Waals surface area contributed by atoms with E-state index in [1.807, 2.05) is 51.1 Å². The number of rotatable bonds is 5. The van der Waals surface area contributed by atoms with Crippen LogP contribution in [-0.4, -0.2) is 28.1 Å². The van der Waals surface area contributed by atoms with Gasteiger partial charge >= 0.3 is 0 Å². The number of para-hydroxylation sites is 1. The van der Waals surface area contributed by atoms with E-state index in [1.54, 1.807) is 10.7 Å². The molecule has 0 aliphatic heterocycles. The molecule has 0 fully saturated rings. The van der Waals surface area contributed by atoms with E-state index in [0.717, 1.165) is 5.69 Å². The minimum Gasteiger partial charge on any atom is -0.351 e. The number of nitrogens with one attached hydrogen (secondary N) is 2. The van der Waals surface area contributed by atoms with Gasteiger partial charge in [-0.1, -0.05) is 32.0 Å². The van der Waals surface area contributed by atoms with Crippen molar-refractivity contribution in [2.24, 2.45) is 5.92 Å². The van der Waals surface area contributed by atoms with Crippen molar-refractivity contribution in [2.45, 2.75) is 20.8 Å². The molecule has 116 valence electrons. The van der Waals surface area contributed by atoms with Crippen molar-refractivity contribution in [2.75, 3.05) is 11.9 Å². The number of carbonyl (C=O) groups excluding carboxylic acids is 2. The van der Waals surface area contributed by atoms with Crippen LogP contribution in [0.1, 0.15) is 31.3 Å². The second-order valence-electron chi connectivity index (χ2n) is 5.17. The topological polar surface area (TPSA) is 76.0 Å². The number of hydrogen-bond acceptors (Lipinski definition) is 3. The van der Waals surface area contributed by atoms with Gasteiger partial charge in [-0.3, -0.25) is 9.59 Å². The Labute approximate surface area is 129 Å². The molecule has 0 saturated carbocycles. The first-order chi connectivity index (χ1) is 10.5. The Morgan fingerprint density at radius 3 is 2.50 bits per heavy atom.